The van der Waals surface area contributed by atoms with E-state index in [2.05, 4.69) is 4.98 Å². The van der Waals surface area contributed by atoms with E-state index in [1.165, 1.54) is 6.07 Å². The third-order valence-electron chi connectivity index (χ3n) is 3.22. The molecule has 1 unspecified atom stereocenters. The molecule has 0 N–H and O–H groups in total. The molecule has 0 aliphatic carbocycles. The molecule has 5 heteroatoms. The van der Waals surface area contributed by atoms with Gasteiger partial charge in [-0.2, -0.15) is 0 Å². The first-order valence-corrected chi connectivity index (χ1v) is 6.55. The maximum absolute atomic E-state index is 13.2. The Bertz CT molecular complexity index is 622. The van der Waals surface area contributed by atoms with E-state index in [0.717, 1.165) is 30.8 Å². The van der Waals surface area contributed by atoms with Gasteiger partial charge in [0.2, 0.25) is 0 Å². The maximum atomic E-state index is 13.2. The van der Waals surface area contributed by atoms with Crippen LogP contribution in [0.1, 0.15) is 42.5 Å². The average molecular weight is 278 g/mol. The molecule has 0 saturated heterocycles. The van der Waals surface area contributed by atoms with Crippen LogP contribution in [0.4, 0.5) is 8.78 Å². The molecule has 1 heterocycles. The van der Waals surface area contributed by atoms with Crippen LogP contribution in [0, 0.1) is 11.6 Å². The Morgan fingerprint density at radius 1 is 1.35 bits per heavy atom. The minimum Gasteiger partial charge on any atom is -0.324 e. The molecule has 1 atom stereocenters. The second-order valence-corrected chi connectivity index (χ2v) is 4.67. The smallest absolute Gasteiger partial charge is 0.185 e. The second kappa shape index (κ2) is 5.94. The van der Waals surface area contributed by atoms with E-state index in [9.17, 15) is 13.6 Å². The second-order valence-electron chi connectivity index (χ2n) is 4.67. The van der Waals surface area contributed by atoms with Gasteiger partial charge >= 0.3 is 0 Å². The number of ketones is 1. The van der Waals surface area contributed by atoms with E-state index >= 15 is 0 Å². The normalized spacial score (nSPS) is 12.4. The first-order chi connectivity index (χ1) is 9.54. The first-order valence-electron chi connectivity index (χ1n) is 6.55. The van der Waals surface area contributed by atoms with Gasteiger partial charge in [-0.3, -0.25) is 4.79 Å². The first kappa shape index (κ1) is 14.4. The molecule has 2 aromatic rings. The molecule has 20 heavy (non-hydrogen) atoms. The molecule has 106 valence electrons. The van der Waals surface area contributed by atoms with Crippen molar-refractivity contribution in [2.24, 2.45) is 0 Å². The highest BCUT2D eigenvalue weighted by molar-refractivity contribution is 5.98. The van der Waals surface area contributed by atoms with Gasteiger partial charge in [0.15, 0.2) is 17.4 Å². The van der Waals surface area contributed by atoms with Crippen LogP contribution in [0.2, 0.25) is 0 Å². The molecule has 1 aromatic carbocycles. The molecule has 0 amide bonds. The molecular formula is C15H16F2N2O. The summed E-state index contributed by atoms with van der Waals surface area (Å²) >= 11 is 0. The fourth-order valence-electron chi connectivity index (χ4n) is 2.13. The van der Waals surface area contributed by atoms with Gasteiger partial charge in [0.1, 0.15) is 5.82 Å². The molecule has 0 aliphatic rings. The molecule has 0 bridgehead atoms. The fourth-order valence-corrected chi connectivity index (χ4v) is 2.13. The van der Waals surface area contributed by atoms with E-state index < -0.39 is 17.7 Å². The standard InChI is InChI=1S/C15H16F2N2O/c1-3-4-14-18-7-8-19(14)10(2)15(20)11-5-6-12(16)13(17)9-11/h5-10H,3-4H2,1-2H3. The fraction of sp³-hybridized carbons (Fsp3) is 0.333. The third-order valence-corrected chi connectivity index (χ3v) is 3.22. The number of nitrogens with zero attached hydrogens (tertiary/aromatic N) is 2. The van der Waals surface area contributed by atoms with Gasteiger partial charge < -0.3 is 4.57 Å². The van der Waals surface area contributed by atoms with Crippen LogP contribution >= 0.6 is 0 Å². The number of carbonyl (C=O) groups excluding carboxylic acids is 1. The zero-order valence-corrected chi connectivity index (χ0v) is 11.4. The van der Waals surface area contributed by atoms with Gasteiger partial charge in [0.05, 0.1) is 6.04 Å². The van der Waals surface area contributed by atoms with Crippen molar-refractivity contribution in [1.82, 2.24) is 9.55 Å². The Kier molecular flexibility index (Phi) is 4.27. The minimum absolute atomic E-state index is 0.160. The lowest BCUT2D eigenvalue weighted by Crippen LogP contribution is -2.18. The van der Waals surface area contributed by atoms with Crippen LogP contribution < -0.4 is 0 Å². The van der Waals surface area contributed by atoms with Crippen molar-refractivity contribution in [2.75, 3.05) is 0 Å². The monoisotopic (exact) mass is 278 g/mol. The molecule has 0 radical (unpaired) electrons. The van der Waals surface area contributed by atoms with E-state index in [0.29, 0.717) is 0 Å². The quantitative estimate of drug-likeness (QED) is 0.784. The molecule has 3 nitrogen and oxygen atoms in total. The molecule has 0 aliphatic heterocycles. The summed E-state index contributed by atoms with van der Waals surface area (Å²) in [5, 5.41) is 0. The molecule has 0 fully saturated rings. The summed E-state index contributed by atoms with van der Waals surface area (Å²) in [4.78, 5) is 16.5. The summed E-state index contributed by atoms with van der Waals surface area (Å²) < 4.78 is 27.9. The Labute approximate surface area is 116 Å². The maximum Gasteiger partial charge on any atom is 0.185 e. The molecular weight excluding hydrogens is 262 g/mol. The van der Waals surface area contributed by atoms with Crippen LogP contribution in [-0.2, 0) is 6.42 Å². The Morgan fingerprint density at radius 2 is 2.10 bits per heavy atom. The predicted octanol–water partition coefficient (Wildman–Crippen LogP) is 3.56. The summed E-state index contributed by atoms with van der Waals surface area (Å²) in [6.45, 7) is 3.76. The summed E-state index contributed by atoms with van der Waals surface area (Å²) in [5.41, 5.74) is 0.160. The molecule has 0 spiro atoms. The van der Waals surface area contributed by atoms with Crippen molar-refractivity contribution in [3.05, 3.63) is 53.6 Å². The number of imidazole rings is 1. The molecule has 0 saturated carbocycles. The number of aryl methyl sites for hydroxylation is 1. The van der Waals surface area contributed by atoms with Crippen molar-refractivity contribution in [2.45, 2.75) is 32.7 Å². The van der Waals surface area contributed by atoms with Gasteiger partial charge in [-0.25, -0.2) is 13.8 Å². The SMILES string of the molecule is CCCc1nccn1C(C)C(=O)c1ccc(F)c(F)c1. The van der Waals surface area contributed by atoms with Gasteiger partial charge in [0, 0.05) is 24.4 Å². The lowest BCUT2D eigenvalue weighted by Gasteiger charge is -2.15. The lowest BCUT2D eigenvalue weighted by molar-refractivity contribution is 0.0932. The summed E-state index contributed by atoms with van der Waals surface area (Å²) in [7, 11) is 0. The molecule has 1 aromatic heterocycles. The Morgan fingerprint density at radius 3 is 2.75 bits per heavy atom. The van der Waals surface area contributed by atoms with Crippen molar-refractivity contribution >= 4 is 5.78 Å². The highest BCUT2D eigenvalue weighted by atomic mass is 19.2. The van der Waals surface area contributed by atoms with Gasteiger partial charge in [-0.05, 0) is 31.5 Å². The van der Waals surface area contributed by atoms with Gasteiger partial charge in [-0.15, -0.1) is 0 Å². The van der Waals surface area contributed by atoms with Crippen molar-refractivity contribution < 1.29 is 13.6 Å². The number of hydrogen-bond acceptors (Lipinski definition) is 2. The van der Waals surface area contributed by atoms with E-state index in [-0.39, 0.29) is 11.3 Å². The minimum atomic E-state index is -1.01. The topological polar surface area (TPSA) is 34.9 Å². The number of Topliss-reactive ketones (excluding diaryl/α,β-unsaturated/α-hetero) is 1. The number of halogens is 2. The van der Waals surface area contributed by atoms with Crippen LogP contribution in [-0.4, -0.2) is 15.3 Å². The number of benzene rings is 1. The van der Waals surface area contributed by atoms with Crippen LogP contribution in [0.3, 0.4) is 0 Å². The van der Waals surface area contributed by atoms with E-state index in [1.54, 1.807) is 23.9 Å². The highest BCUT2D eigenvalue weighted by Crippen LogP contribution is 2.18. The van der Waals surface area contributed by atoms with Gasteiger partial charge in [0.25, 0.3) is 0 Å². The average Bonchev–Trinajstić information content (AvgIpc) is 2.89. The summed E-state index contributed by atoms with van der Waals surface area (Å²) in [6.07, 6.45) is 5.05. The van der Waals surface area contributed by atoms with Gasteiger partial charge in [-0.1, -0.05) is 6.92 Å². The zero-order valence-electron chi connectivity index (χ0n) is 11.4. The number of carbonyl (C=O) groups is 1. The lowest BCUT2D eigenvalue weighted by atomic mass is 10.0. The molecule has 2 rings (SSSR count). The summed E-state index contributed by atoms with van der Waals surface area (Å²) in [6, 6.07) is 2.71. The van der Waals surface area contributed by atoms with Crippen molar-refractivity contribution in [3.8, 4) is 0 Å². The van der Waals surface area contributed by atoms with E-state index in [1.807, 2.05) is 6.92 Å². The van der Waals surface area contributed by atoms with E-state index in [4.69, 9.17) is 0 Å². The Balaban J connectivity index is 2.27. The van der Waals surface area contributed by atoms with Crippen LogP contribution in [0.5, 0.6) is 0 Å². The highest BCUT2D eigenvalue weighted by Gasteiger charge is 2.20. The predicted molar refractivity (Wildman–Crippen MR) is 71.6 cm³/mol. The van der Waals surface area contributed by atoms with Crippen molar-refractivity contribution in [3.63, 3.8) is 0 Å². The van der Waals surface area contributed by atoms with Crippen LogP contribution in [0.25, 0.3) is 0 Å². The number of rotatable bonds is 5. The third kappa shape index (κ3) is 2.76. The Hall–Kier alpha value is -2.04. The van der Waals surface area contributed by atoms with Crippen molar-refractivity contribution in [1.29, 1.82) is 0 Å². The number of aromatic nitrogens is 2. The largest absolute Gasteiger partial charge is 0.324 e. The number of hydrogen-bond donors (Lipinski definition) is 0. The van der Waals surface area contributed by atoms with Crippen LogP contribution in [0.15, 0.2) is 30.6 Å². The zero-order chi connectivity index (χ0) is 14.7. The summed E-state index contributed by atoms with van der Waals surface area (Å²) in [5.74, 6) is -1.42.